The Morgan fingerprint density at radius 2 is 1.94 bits per heavy atom. The highest BCUT2D eigenvalue weighted by molar-refractivity contribution is 6.21. The van der Waals surface area contributed by atoms with Gasteiger partial charge in [0.15, 0.2) is 0 Å². The van der Waals surface area contributed by atoms with Crippen molar-refractivity contribution in [2.45, 2.75) is 13.0 Å². The van der Waals surface area contributed by atoms with Crippen LogP contribution in [0.25, 0.3) is 0 Å². The minimum absolute atomic E-state index is 0.0221. The van der Waals surface area contributed by atoms with Gasteiger partial charge in [0.2, 0.25) is 0 Å². The molecule has 5 heteroatoms. The van der Waals surface area contributed by atoms with Crippen LogP contribution in [-0.2, 0) is 4.74 Å². The second kappa shape index (κ2) is 4.18. The standard InChI is InChI=1S/C12H13NO4/c1-7(6-17-2)13-11(15)9-4-3-8(14)5-10(9)12(13)16/h3-5,7,14H,6H2,1-2H3/t7-/m0/s1. The highest BCUT2D eigenvalue weighted by Crippen LogP contribution is 2.27. The molecule has 2 rings (SSSR count). The van der Waals surface area contributed by atoms with Gasteiger partial charge in [-0.25, -0.2) is 0 Å². The minimum atomic E-state index is -0.384. The number of hydrogen-bond acceptors (Lipinski definition) is 4. The predicted molar refractivity (Wildman–Crippen MR) is 59.9 cm³/mol. The van der Waals surface area contributed by atoms with Gasteiger partial charge in [0.1, 0.15) is 5.75 Å². The topological polar surface area (TPSA) is 66.8 Å². The molecule has 1 N–H and O–H groups in total. The van der Waals surface area contributed by atoms with Crippen molar-refractivity contribution in [3.63, 3.8) is 0 Å². The summed E-state index contributed by atoms with van der Waals surface area (Å²) in [4.78, 5) is 25.2. The Labute approximate surface area is 98.6 Å². The maximum absolute atomic E-state index is 12.0. The van der Waals surface area contributed by atoms with Crippen molar-refractivity contribution in [1.82, 2.24) is 4.90 Å². The summed E-state index contributed by atoms with van der Waals surface area (Å²) >= 11 is 0. The maximum Gasteiger partial charge on any atom is 0.262 e. The molecule has 1 atom stereocenters. The number of fused-ring (bicyclic) bond motifs is 1. The van der Waals surface area contributed by atoms with Gasteiger partial charge in [-0.3, -0.25) is 14.5 Å². The Morgan fingerprint density at radius 1 is 1.29 bits per heavy atom. The lowest BCUT2D eigenvalue weighted by Crippen LogP contribution is -2.40. The largest absolute Gasteiger partial charge is 0.508 e. The van der Waals surface area contributed by atoms with Crippen LogP contribution < -0.4 is 0 Å². The number of rotatable bonds is 3. The average molecular weight is 235 g/mol. The van der Waals surface area contributed by atoms with E-state index in [0.29, 0.717) is 5.56 Å². The van der Waals surface area contributed by atoms with E-state index in [1.807, 2.05) is 0 Å². The van der Waals surface area contributed by atoms with Gasteiger partial charge >= 0.3 is 0 Å². The fourth-order valence-corrected chi connectivity index (χ4v) is 1.96. The zero-order valence-corrected chi connectivity index (χ0v) is 9.64. The molecule has 0 radical (unpaired) electrons. The number of carbonyl (C=O) groups excluding carboxylic acids is 2. The molecule has 0 saturated heterocycles. The van der Waals surface area contributed by atoms with Gasteiger partial charge < -0.3 is 9.84 Å². The molecule has 1 aliphatic rings. The van der Waals surface area contributed by atoms with Crippen LogP contribution in [-0.4, -0.2) is 41.6 Å². The lowest BCUT2D eigenvalue weighted by atomic mass is 10.1. The van der Waals surface area contributed by atoms with Crippen LogP contribution >= 0.6 is 0 Å². The number of hydrogen-bond donors (Lipinski definition) is 1. The quantitative estimate of drug-likeness (QED) is 0.794. The van der Waals surface area contributed by atoms with E-state index in [9.17, 15) is 14.7 Å². The normalized spacial score (nSPS) is 16.2. The minimum Gasteiger partial charge on any atom is -0.508 e. The highest BCUT2D eigenvalue weighted by Gasteiger charge is 2.38. The van der Waals surface area contributed by atoms with E-state index in [4.69, 9.17) is 4.74 Å². The molecule has 90 valence electrons. The summed E-state index contributed by atoms with van der Waals surface area (Å²) in [5.74, 6) is -0.744. The molecule has 17 heavy (non-hydrogen) atoms. The van der Waals surface area contributed by atoms with E-state index in [2.05, 4.69) is 0 Å². The molecule has 0 aliphatic carbocycles. The SMILES string of the molecule is COC[C@H](C)N1C(=O)c2ccc(O)cc2C1=O. The predicted octanol–water partition coefficient (Wildman–Crippen LogP) is 1.02. The number of amides is 2. The van der Waals surface area contributed by atoms with Crippen molar-refractivity contribution >= 4 is 11.8 Å². The molecule has 0 spiro atoms. The van der Waals surface area contributed by atoms with Crippen molar-refractivity contribution in [2.75, 3.05) is 13.7 Å². The smallest absolute Gasteiger partial charge is 0.262 e. The van der Waals surface area contributed by atoms with Crippen molar-refractivity contribution in [3.8, 4) is 5.75 Å². The molecule has 0 bridgehead atoms. The van der Waals surface area contributed by atoms with Gasteiger partial charge in [-0.05, 0) is 25.1 Å². The summed E-state index contributed by atoms with van der Waals surface area (Å²) in [7, 11) is 1.51. The number of methoxy groups -OCH3 is 1. The second-order valence-corrected chi connectivity index (χ2v) is 4.01. The Morgan fingerprint density at radius 3 is 2.59 bits per heavy atom. The van der Waals surface area contributed by atoms with Crippen molar-refractivity contribution < 1.29 is 19.4 Å². The van der Waals surface area contributed by atoms with Gasteiger partial charge in [0.05, 0.1) is 23.8 Å². The first kappa shape index (κ1) is 11.6. The van der Waals surface area contributed by atoms with Gasteiger partial charge in [-0.1, -0.05) is 0 Å². The Bertz CT molecular complexity index is 483. The lowest BCUT2D eigenvalue weighted by molar-refractivity contribution is 0.0497. The third-order valence-electron chi connectivity index (χ3n) is 2.75. The summed E-state index contributed by atoms with van der Waals surface area (Å²) in [6.07, 6.45) is 0. The number of nitrogens with zero attached hydrogens (tertiary/aromatic N) is 1. The molecule has 1 heterocycles. The summed E-state index contributed by atoms with van der Waals surface area (Å²) in [5, 5.41) is 9.32. The third-order valence-corrected chi connectivity index (χ3v) is 2.75. The van der Waals surface area contributed by atoms with Gasteiger partial charge in [-0.15, -0.1) is 0 Å². The van der Waals surface area contributed by atoms with Crippen LogP contribution in [0.4, 0.5) is 0 Å². The summed E-state index contributed by atoms with van der Waals surface area (Å²) < 4.78 is 4.94. The van der Waals surface area contributed by atoms with Crippen LogP contribution in [0.5, 0.6) is 5.75 Å². The molecular weight excluding hydrogens is 222 g/mol. The first-order valence-electron chi connectivity index (χ1n) is 5.26. The van der Waals surface area contributed by atoms with E-state index in [0.717, 1.165) is 4.90 Å². The first-order chi connectivity index (χ1) is 8.06. The average Bonchev–Trinajstić information content (AvgIpc) is 2.52. The van der Waals surface area contributed by atoms with E-state index >= 15 is 0 Å². The summed E-state index contributed by atoms with van der Waals surface area (Å²) in [6, 6.07) is 3.85. The Balaban J connectivity index is 2.38. The lowest BCUT2D eigenvalue weighted by Gasteiger charge is -2.21. The fraction of sp³-hybridized carbons (Fsp3) is 0.333. The number of aromatic hydroxyl groups is 1. The van der Waals surface area contributed by atoms with E-state index < -0.39 is 0 Å². The number of phenolic OH excluding ortho intramolecular Hbond substituents is 1. The molecule has 0 unspecified atom stereocenters. The van der Waals surface area contributed by atoms with Gasteiger partial charge in [0, 0.05) is 7.11 Å². The van der Waals surface area contributed by atoms with Crippen LogP contribution in [0.2, 0.25) is 0 Å². The zero-order valence-electron chi connectivity index (χ0n) is 9.64. The molecule has 2 amide bonds. The fourth-order valence-electron chi connectivity index (χ4n) is 1.96. The summed E-state index contributed by atoms with van der Waals surface area (Å²) in [6.45, 7) is 2.03. The molecule has 0 aromatic heterocycles. The molecule has 1 aromatic carbocycles. The molecule has 1 aromatic rings. The van der Waals surface area contributed by atoms with E-state index in [1.165, 1.54) is 25.3 Å². The zero-order chi connectivity index (χ0) is 12.6. The van der Waals surface area contributed by atoms with Crippen molar-refractivity contribution in [1.29, 1.82) is 0 Å². The Hall–Kier alpha value is -1.88. The van der Waals surface area contributed by atoms with Gasteiger partial charge in [-0.2, -0.15) is 0 Å². The first-order valence-corrected chi connectivity index (χ1v) is 5.26. The third kappa shape index (κ3) is 1.78. The van der Waals surface area contributed by atoms with E-state index in [1.54, 1.807) is 6.92 Å². The molecule has 0 fully saturated rings. The van der Waals surface area contributed by atoms with Crippen molar-refractivity contribution in [3.05, 3.63) is 29.3 Å². The number of phenols is 1. The van der Waals surface area contributed by atoms with Crippen molar-refractivity contribution in [2.24, 2.45) is 0 Å². The number of imide groups is 1. The van der Waals surface area contributed by atoms with Gasteiger partial charge in [0.25, 0.3) is 11.8 Å². The summed E-state index contributed by atoms with van der Waals surface area (Å²) in [5.41, 5.74) is 0.578. The van der Waals surface area contributed by atoms with Crippen LogP contribution in [0.15, 0.2) is 18.2 Å². The number of benzene rings is 1. The van der Waals surface area contributed by atoms with Crippen LogP contribution in [0.3, 0.4) is 0 Å². The molecule has 1 aliphatic heterocycles. The van der Waals surface area contributed by atoms with Crippen LogP contribution in [0.1, 0.15) is 27.6 Å². The second-order valence-electron chi connectivity index (χ2n) is 4.01. The Kier molecular flexibility index (Phi) is 2.85. The van der Waals surface area contributed by atoms with E-state index in [-0.39, 0.29) is 35.8 Å². The highest BCUT2D eigenvalue weighted by atomic mass is 16.5. The molecule has 0 saturated carbocycles. The molecule has 5 nitrogen and oxygen atoms in total. The number of carbonyl (C=O) groups is 2. The number of ether oxygens (including phenoxy) is 1. The van der Waals surface area contributed by atoms with Crippen LogP contribution in [0, 0.1) is 0 Å². The molecular formula is C12H13NO4. The maximum atomic E-state index is 12.0. The monoisotopic (exact) mass is 235 g/mol.